The number of imidazole rings is 1. The largest absolute Gasteiger partial charge is 0.378 e. The van der Waals surface area contributed by atoms with Crippen LogP contribution < -0.4 is 11.1 Å². The number of benzene rings is 2. The maximum Gasteiger partial charge on any atom is 0.255 e. The van der Waals surface area contributed by atoms with Gasteiger partial charge in [-0.1, -0.05) is 29.8 Å². The number of aryl methyl sites for hydroxylation is 1. The Morgan fingerprint density at radius 3 is 2.76 bits per heavy atom. The Labute approximate surface area is 226 Å². The second-order valence-corrected chi connectivity index (χ2v) is 10.5. The van der Waals surface area contributed by atoms with E-state index in [2.05, 4.69) is 10.3 Å². The number of carbonyl (C=O) groups is 2. The average molecular weight is 535 g/mol. The minimum atomic E-state index is -0.967. The molecule has 3 aromatic rings. The van der Waals surface area contributed by atoms with Gasteiger partial charge in [0.2, 0.25) is 5.91 Å². The lowest BCUT2D eigenvalue weighted by atomic mass is 9.86. The summed E-state index contributed by atoms with van der Waals surface area (Å²) < 4.78 is 7.48. The van der Waals surface area contributed by atoms with Crippen LogP contribution in [0.4, 0.5) is 5.69 Å². The van der Waals surface area contributed by atoms with Crippen LogP contribution in [0.3, 0.4) is 0 Å². The molecule has 3 atom stereocenters. The summed E-state index contributed by atoms with van der Waals surface area (Å²) in [5.41, 5.74) is 8.62. The van der Waals surface area contributed by atoms with Gasteiger partial charge in [-0.25, -0.2) is 9.98 Å². The average Bonchev–Trinajstić information content (AvgIpc) is 3.31. The molecule has 1 fully saturated rings. The number of carbonyl (C=O) groups excluding carboxylic acids is 2. The first kappa shape index (κ1) is 25.9. The molecule has 0 bridgehead atoms. The molecule has 2 aliphatic rings. The standard InChI is InChI=1S/C28H31ClN6O3/c1-17-15-34(16-31-17)20-7-4-6-19(13-20)26(37)32-23-9-5-8-22(25(23)29)28(3)14-24(36)35(27(30)33-28)21-10-11-38-18(2)12-21/h4-9,13,15-16,18,21H,10-12,14H2,1-3H3,(H2,30,33)(H,32,37)/t18-,21-,28+/m1/s1. The van der Waals surface area contributed by atoms with E-state index in [4.69, 9.17) is 27.1 Å². The van der Waals surface area contributed by atoms with E-state index in [0.29, 0.717) is 41.3 Å². The molecular formula is C28H31ClN6O3. The molecule has 1 aromatic heterocycles. The maximum atomic E-state index is 13.3. The van der Waals surface area contributed by atoms with E-state index in [1.807, 2.05) is 49.7 Å². The van der Waals surface area contributed by atoms with Crippen molar-refractivity contribution in [1.82, 2.24) is 14.5 Å². The van der Waals surface area contributed by atoms with Gasteiger partial charge in [-0.15, -0.1) is 0 Å². The number of aliphatic imine (C=N–C) groups is 1. The van der Waals surface area contributed by atoms with Crippen LogP contribution in [0.15, 0.2) is 60.0 Å². The molecule has 9 nitrogen and oxygen atoms in total. The summed E-state index contributed by atoms with van der Waals surface area (Å²) >= 11 is 6.81. The first-order valence-electron chi connectivity index (χ1n) is 12.6. The van der Waals surface area contributed by atoms with Crippen LogP contribution in [-0.2, 0) is 15.1 Å². The number of ether oxygens (including phenoxy) is 1. The van der Waals surface area contributed by atoms with Gasteiger partial charge in [0, 0.05) is 35.7 Å². The van der Waals surface area contributed by atoms with Crippen LogP contribution >= 0.6 is 11.6 Å². The zero-order chi connectivity index (χ0) is 27.0. The van der Waals surface area contributed by atoms with Crippen molar-refractivity contribution >= 4 is 35.1 Å². The smallest absolute Gasteiger partial charge is 0.255 e. The minimum Gasteiger partial charge on any atom is -0.378 e. The van der Waals surface area contributed by atoms with Crippen molar-refractivity contribution in [3.8, 4) is 5.69 Å². The Kier molecular flexibility index (Phi) is 6.98. The number of anilines is 1. The topological polar surface area (TPSA) is 115 Å². The lowest BCUT2D eigenvalue weighted by Crippen LogP contribution is -2.56. The Morgan fingerprint density at radius 1 is 1.26 bits per heavy atom. The molecule has 1 saturated heterocycles. The molecule has 3 N–H and O–H groups in total. The molecule has 0 unspecified atom stereocenters. The normalized spacial score (nSPS) is 23.7. The number of nitrogens with zero attached hydrogens (tertiary/aromatic N) is 4. The van der Waals surface area contributed by atoms with Gasteiger partial charge in [0.1, 0.15) is 0 Å². The van der Waals surface area contributed by atoms with Gasteiger partial charge in [0.15, 0.2) is 5.96 Å². The Bertz CT molecular complexity index is 1420. The van der Waals surface area contributed by atoms with Crippen molar-refractivity contribution in [1.29, 1.82) is 0 Å². The zero-order valence-electron chi connectivity index (χ0n) is 21.6. The fourth-order valence-electron chi connectivity index (χ4n) is 5.22. The van der Waals surface area contributed by atoms with Crippen molar-refractivity contribution in [2.45, 2.75) is 57.7 Å². The number of halogens is 1. The van der Waals surface area contributed by atoms with Crippen molar-refractivity contribution in [3.63, 3.8) is 0 Å². The summed E-state index contributed by atoms with van der Waals surface area (Å²) in [7, 11) is 0. The van der Waals surface area contributed by atoms with Crippen LogP contribution in [-0.4, -0.2) is 51.0 Å². The number of aromatic nitrogens is 2. The van der Waals surface area contributed by atoms with Crippen LogP contribution in [0.2, 0.25) is 5.02 Å². The Balaban J connectivity index is 1.39. The van der Waals surface area contributed by atoms with Crippen LogP contribution in [0.5, 0.6) is 0 Å². The van der Waals surface area contributed by atoms with Gasteiger partial charge in [-0.3, -0.25) is 14.5 Å². The van der Waals surface area contributed by atoms with Gasteiger partial charge in [0.05, 0.1) is 40.8 Å². The van der Waals surface area contributed by atoms with Crippen LogP contribution in [0, 0.1) is 6.92 Å². The van der Waals surface area contributed by atoms with Crippen molar-refractivity contribution in [2.24, 2.45) is 10.7 Å². The van der Waals surface area contributed by atoms with Gasteiger partial charge in [-0.05, 0) is 57.9 Å². The fourth-order valence-corrected chi connectivity index (χ4v) is 5.59. The van der Waals surface area contributed by atoms with Gasteiger partial charge < -0.3 is 20.4 Å². The minimum absolute atomic E-state index is 0.0392. The highest BCUT2D eigenvalue weighted by Gasteiger charge is 2.42. The predicted octanol–water partition coefficient (Wildman–Crippen LogP) is 4.42. The fraction of sp³-hybridized carbons (Fsp3) is 0.357. The second-order valence-electron chi connectivity index (χ2n) is 10.1. The van der Waals surface area contributed by atoms with Crippen molar-refractivity contribution < 1.29 is 14.3 Å². The summed E-state index contributed by atoms with van der Waals surface area (Å²) in [6.07, 6.45) is 5.19. The highest BCUT2D eigenvalue weighted by Crippen LogP contribution is 2.41. The number of nitrogens with two attached hydrogens (primary N) is 1. The lowest BCUT2D eigenvalue weighted by Gasteiger charge is -2.41. The SMILES string of the molecule is Cc1cn(-c2cccc(C(=O)Nc3cccc([C@]4(C)CC(=O)N([C@@H]5CCO[C@H](C)C5)C(N)=N4)c3Cl)c2)cn1. The molecule has 0 saturated carbocycles. The van der Waals surface area contributed by atoms with Crippen molar-refractivity contribution in [2.75, 3.05) is 11.9 Å². The zero-order valence-corrected chi connectivity index (χ0v) is 22.4. The predicted molar refractivity (Wildman–Crippen MR) is 147 cm³/mol. The number of guanidine groups is 1. The van der Waals surface area contributed by atoms with E-state index in [1.165, 1.54) is 0 Å². The third kappa shape index (κ3) is 5.04. The highest BCUT2D eigenvalue weighted by atomic mass is 35.5. The molecule has 2 aliphatic heterocycles. The van der Waals surface area contributed by atoms with E-state index < -0.39 is 5.54 Å². The first-order chi connectivity index (χ1) is 18.1. The van der Waals surface area contributed by atoms with Crippen molar-refractivity contribution in [3.05, 3.63) is 76.8 Å². The Hall–Kier alpha value is -3.69. The quantitative estimate of drug-likeness (QED) is 0.503. The molecule has 5 rings (SSSR count). The molecular weight excluding hydrogens is 504 g/mol. The molecule has 0 spiro atoms. The number of nitrogens with one attached hydrogen (secondary N) is 1. The summed E-state index contributed by atoms with van der Waals surface area (Å²) in [6, 6.07) is 12.5. The van der Waals surface area contributed by atoms with E-state index >= 15 is 0 Å². The molecule has 10 heteroatoms. The van der Waals surface area contributed by atoms with E-state index in [9.17, 15) is 9.59 Å². The molecule has 3 heterocycles. The van der Waals surface area contributed by atoms with Gasteiger partial charge in [0.25, 0.3) is 5.91 Å². The second kappa shape index (κ2) is 10.2. The molecule has 0 aliphatic carbocycles. The Morgan fingerprint density at radius 2 is 2.05 bits per heavy atom. The van der Waals surface area contributed by atoms with Gasteiger partial charge >= 0.3 is 0 Å². The highest BCUT2D eigenvalue weighted by molar-refractivity contribution is 6.35. The van der Waals surface area contributed by atoms with Gasteiger partial charge in [-0.2, -0.15) is 0 Å². The summed E-state index contributed by atoms with van der Waals surface area (Å²) in [5.74, 6) is -0.230. The molecule has 0 radical (unpaired) electrons. The molecule has 38 heavy (non-hydrogen) atoms. The van der Waals surface area contributed by atoms with Crippen LogP contribution in [0.25, 0.3) is 5.69 Å². The number of rotatable bonds is 5. The monoisotopic (exact) mass is 534 g/mol. The maximum absolute atomic E-state index is 13.3. The van der Waals surface area contributed by atoms with E-state index in [0.717, 1.165) is 11.4 Å². The lowest BCUT2D eigenvalue weighted by molar-refractivity contribution is -0.133. The first-order valence-corrected chi connectivity index (χ1v) is 13.0. The number of hydrogen-bond acceptors (Lipinski definition) is 6. The third-order valence-corrected chi connectivity index (χ3v) is 7.55. The molecule has 198 valence electrons. The van der Waals surface area contributed by atoms with Crippen LogP contribution in [0.1, 0.15) is 54.7 Å². The van der Waals surface area contributed by atoms with E-state index in [1.54, 1.807) is 35.5 Å². The summed E-state index contributed by atoms with van der Waals surface area (Å²) in [4.78, 5) is 37.1. The van der Waals surface area contributed by atoms with E-state index in [-0.39, 0.29) is 36.3 Å². The number of hydrogen-bond donors (Lipinski definition) is 2. The summed E-state index contributed by atoms with van der Waals surface area (Å²) in [6.45, 7) is 6.32. The molecule has 2 amide bonds. The number of amides is 2. The molecule has 2 aromatic carbocycles. The third-order valence-electron chi connectivity index (χ3n) is 7.14. The summed E-state index contributed by atoms with van der Waals surface area (Å²) in [5, 5.41) is 3.23.